The van der Waals surface area contributed by atoms with Gasteiger partial charge < -0.3 is 35.1 Å². The van der Waals surface area contributed by atoms with Crippen LogP contribution in [0.15, 0.2) is 16.5 Å². The van der Waals surface area contributed by atoms with E-state index in [1.807, 2.05) is 32.7 Å². The van der Waals surface area contributed by atoms with Gasteiger partial charge in [-0.3, -0.25) is 28.9 Å². The fourth-order valence-electron chi connectivity index (χ4n) is 7.29. The van der Waals surface area contributed by atoms with Gasteiger partial charge >= 0.3 is 18.1 Å². The zero-order valence-electron chi connectivity index (χ0n) is 34.1. The summed E-state index contributed by atoms with van der Waals surface area (Å²) in [5.41, 5.74) is -0.918. The number of hydrogen-bond acceptors (Lipinski definition) is 13. The zero-order valence-corrected chi connectivity index (χ0v) is 35.7. The summed E-state index contributed by atoms with van der Waals surface area (Å²) in [6.07, 6.45) is -3.37. The number of aromatic nitrogens is 1. The molecule has 3 heterocycles. The van der Waals surface area contributed by atoms with Crippen molar-refractivity contribution in [2.45, 2.75) is 115 Å². The summed E-state index contributed by atoms with van der Waals surface area (Å²) in [4.78, 5) is 72.7. The van der Waals surface area contributed by atoms with Gasteiger partial charge in [0.15, 0.2) is 5.69 Å². The smallest absolute Gasteiger partial charge is 0.434 e. The third kappa shape index (κ3) is 12.3. The van der Waals surface area contributed by atoms with Gasteiger partial charge in [-0.05, 0) is 51.0 Å². The number of nitrogens with zero attached hydrogens (tertiary/aromatic N) is 3. The van der Waals surface area contributed by atoms with E-state index in [0.717, 1.165) is 29.6 Å². The second-order valence-corrected chi connectivity index (χ2v) is 18.2. The minimum Gasteiger partial charge on any atom is -0.469 e. The molecule has 3 amide bonds. The summed E-state index contributed by atoms with van der Waals surface area (Å²) >= 11 is 2.02. The van der Waals surface area contributed by atoms with Crippen molar-refractivity contribution in [3.8, 4) is 0 Å². The summed E-state index contributed by atoms with van der Waals surface area (Å²) in [6, 6.07) is -2.56. The molecule has 19 heteroatoms. The molecule has 8 atom stereocenters. The van der Waals surface area contributed by atoms with Gasteiger partial charge in [0.2, 0.25) is 11.8 Å². The highest BCUT2D eigenvalue weighted by Gasteiger charge is 2.47. The Balaban J connectivity index is 1.50. The van der Waals surface area contributed by atoms with E-state index in [4.69, 9.17) is 14.2 Å². The first kappa shape index (κ1) is 46.3. The number of carbonyl (C=O) groups is 5. The van der Waals surface area contributed by atoms with Crippen LogP contribution in [0.3, 0.4) is 0 Å². The Labute approximate surface area is 340 Å². The first-order valence-corrected chi connectivity index (χ1v) is 21.0. The number of hydrogen-bond donors (Lipinski definition) is 3. The second kappa shape index (κ2) is 19.6. The predicted molar refractivity (Wildman–Crippen MR) is 208 cm³/mol. The van der Waals surface area contributed by atoms with Gasteiger partial charge in [0.05, 0.1) is 31.2 Å². The largest absolute Gasteiger partial charge is 0.469 e. The molecule has 4 rings (SSSR count). The average molecular weight is 847 g/mol. The maximum atomic E-state index is 14.4. The summed E-state index contributed by atoms with van der Waals surface area (Å²) in [5, 5.41) is 11.7. The molecule has 3 aliphatic rings. The van der Waals surface area contributed by atoms with Gasteiger partial charge in [0.25, 0.3) is 5.91 Å². The number of amides is 3. The van der Waals surface area contributed by atoms with Crippen molar-refractivity contribution in [2.24, 2.45) is 23.7 Å². The number of methoxy groups -OCH3 is 1. The molecule has 1 aromatic heterocycles. The number of esters is 2. The molecule has 2 fully saturated rings. The molecular formula is C38H57F3N6O8S2. The van der Waals surface area contributed by atoms with Crippen molar-refractivity contribution in [1.82, 2.24) is 30.7 Å². The molecule has 0 bridgehead atoms. The highest BCUT2D eigenvalue weighted by Crippen LogP contribution is 2.41. The number of carbonyl (C=O) groups excluding carboxylic acids is 5. The Morgan fingerprint density at radius 3 is 2.39 bits per heavy atom. The molecule has 1 saturated carbocycles. The number of thiazole rings is 1. The van der Waals surface area contributed by atoms with Crippen LogP contribution in [0.2, 0.25) is 0 Å². The van der Waals surface area contributed by atoms with Crippen LogP contribution in [0.5, 0.6) is 0 Å². The lowest BCUT2D eigenvalue weighted by molar-refractivity contribution is -0.151. The van der Waals surface area contributed by atoms with Crippen LogP contribution < -0.4 is 16.0 Å². The predicted octanol–water partition coefficient (Wildman–Crippen LogP) is 3.95. The first-order valence-electron chi connectivity index (χ1n) is 19.2. The van der Waals surface area contributed by atoms with E-state index in [-0.39, 0.29) is 60.2 Å². The van der Waals surface area contributed by atoms with Crippen LogP contribution in [0.25, 0.3) is 0 Å². The average Bonchev–Trinajstić information content (AvgIpc) is 3.74. The van der Waals surface area contributed by atoms with Crippen LogP contribution in [0, 0.1) is 23.7 Å². The van der Waals surface area contributed by atoms with E-state index in [1.165, 1.54) is 25.8 Å². The Morgan fingerprint density at radius 2 is 1.82 bits per heavy atom. The lowest BCUT2D eigenvalue weighted by Gasteiger charge is -2.41. The van der Waals surface area contributed by atoms with Gasteiger partial charge in [-0.25, -0.2) is 4.98 Å². The number of nitrogens with one attached hydrogen (secondary N) is 3. The molecule has 57 heavy (non-hydrogen) atoms. The topological polar surface area (TPSA) is 168 Å². The number of ether oxygens (including phenoxy) is 3. The number of morpholine rings is 1. The van der Waals surface area contributed by atoms with Gasteiger partial charge in [-0.15, -0.1) is 11.3 Å². The van der Waals surface area contributed by atoms with Crippen molar-refractivity contribution in [1.29, 1.82) is 0 Å². The van der Waals surface area contributed by atoms with Crippen LogP contribution in [-0.2, 0) is 50.8 Å². The Kier molecular flexibility index (Phi) is 15.9. The maximum absolute atomic E-state index is 14.4. The molecule has 1 unspecified atom stereocenters. The number of rotatable bonds is 18. The lowest BCUT2D eigenvalue weighted by atomic mass is 9.90. The number of likely N-dealkylation sites (N-methyl/N-ethyl adjacent to an activating group) is 2. The standard InChI is InChI=1S/C38H57F3N6O8S2/c1-20(2)27(47(8)35(51)32(22(4)24-10-11-24)44-34(50)28-17-54-13-12-46(28)7)16-30(55-23(5)48)37(6)45-26(18-57-37)33(49)42-25(14-21(3)36(52)53-9)15-31-43-29(19-56-31)38(39,40)41/h18-22,24-25,27-28,30,32,45H,10-17H2,1-9H3,(H,42,49)(H,44,50)/t21-,22-,25+,27+,28+,30+,32-,37?/m0/s1. The quantitative estimate of drug-likeness (QED) is 0.183. The summed E-state index contributed by atoms with van der Waals surface area (Å²) in [6.45, 7) is 11.9. The van der Waals surface area contributed by atoms with E-state index < -0.39 is 70.8 Å². The monoisotopic (exact) mass is 846 g/mol. The highest BCUT2D eigenvalue weighted by atomic mass is 32.2. The summed E-state index contributed by atoms with van der Waals surface area (Å²) in [5.74, 6) is -2.84. The zero-order chi connectivity index (χ0) is 42.4. The molecule has 2 aliphatic heterocycles. The number of halogens is 3. The van der Waals surface area contributed by atoms with E-state index in [9.17, 15) is 37.1 Å². The lowest BCUT2D eigenvalue weighted by Crippen LogP contribution is -2.60. The molecule has 0 aromatic carbocycles. The molecule has 320 valence electrons. The van der Waals surface area contributed by atoms with Crippen LogP contribution in [0.4, 0.5) is 13.2 Å². The van der Waals surface area contributed by atoms with Gasteiger partial charge in [-0.1, -0.05) is 39.5 Å². The van der Waals surface area contributed by atoms with Crippen molar-refractivity contribution >= 4 is 52.8 Å². The van der Waals surface area contributed by atoms with Crippen molar-refractivity contribution in [3.05, 3.63) is 27.2 Å². The molecular weight excluding hydrogens is 790 g/mol. The third-order valence-corrected chi connectivity index (χ3v) is 13.1. The first-order chi connectivity index (χ1) is 26.6. The van der Waals surface area contributed by atoms with Crippen molar-refractivity contribution in [3.63, 3.8) is 0 Å². The van der Waals surface area contributed by atoms with E-state index in [0.29, 0.717) is 19.1 Å². The Hall–Kier alpha value is -3.42. The number of alkyl halides is 3. The molecule has 14 nitrogen and oxygen atoms in total. The van der Waals surface area contributed by atoms with Gasteiger partial charge in [0.1, 0.15) is 28.8 Å². The molecule has 1 saturated heterocycles. The normalized spacial score (nSPS) is 23.2. The SMILES string of the molecule is COC(=O)[C@@H](C)C[C@H](Cc1nc(C(F)(F)F)cs1)NC(=O)C1=CSC(C)([C@@H](C[C@H](C(C)C)N(C)C(=O)[C@@H](NC(=O)[C@H]2COCCN2C)[C@@H](C)C2CC2)OC(C)=O)N1. The molecule has 1 aromatic rings. The van der Waals surface area contributed by atoms with E-state index >= 15 is 0 Å². The van der Waals surface area contributed by atoms with Crippen LogP contribution in [-0.4, -0.2) is 121 Å². The van der Waals surface area contributed by atoms with Crippen molar-refractivity contribution < 1.29 is 51.4 Å². The molecule has 0 radical (unpaired) electrons. The van der Waals surface area contributed by atoms with Gasteiger partial charge in [-0.2, -0.15) is 13.2 Å². The molecule has 3 N–H and O–H groups in total. The summed E-state index contributed by atoms with van der Waals surface area (Å²) < 4.78 is 56.1. The molecule has 0 spiro atoms. The van der Waals surface area contributed by atoms with E-state index in [1.54, 1.807) is 31.2 Å². The molecule has 1 aliphatic carbocycles. The Morgan fingerprint density at radius 1 is 1.14 bits per heavy atom. The number of thioether (sulfide) groups is 1. The van der Waals surface area contributed by atoms with Crippen molar-refractivity contribution in [2.75, 3.05) is 41.0 Å². The van der Waals surface area contributed by atoms with Gasteiger partial charge in [0, 0.05) is 56.2 Å². The van der Waals surface area contributed by atoms with Crippen LogP contribution >= 0.6 is 23.1 Å². The Bertz CT molecular complexity index is 1640. The summed E-state index contributed by atoms with van der Waals surface area (Å²) in [7, 11) is 4.77. The van der Waals surface area contributed by atoms with E-state index in [2.05, 4.69) is 20.9 Å². The minimum absolute atomic E-state index is 0.0650. The minimum atomic E-state index is -4.63. The highest BCUT2D eigenvalue weighted by molar-refractivity contribution is 8.03. The maximum Gasteiger partial charge on any atom is 0.434 e. The van der Waals surface area contributed by atoms with Crippen LogP contribution in [0.1, 0.15) is 77.9 Å². The second-order valence-electron chi connectivity index (χ2n) is 15.9. The third-order valence-electron chi connectivity index (χ3n) is 11.0. The fraction of sp³-hybridized carbons (Fsp3) is 0.737. The fourth-order valence-corrected chi connectivity index (χ4v) is 9.17.